The summed E-state index contributed by atoms with van der Waals surface area (Å²) in [5.74, 6) is 0.570. The van der Waals surface area contributed by atoms with Crippen molar-refractivity contribution in [1.29, 1.82) is 0 Å². The number of fused-ring (bicyclic) bond motifs is 1. The lowest BCUT2D eigenvalue weighted by Crippen LogP contribution is -2.35. The molecule has 1 amide bonds. The minimum Gasteiger partial charge on any atom is -0.459 e. The van der Waals surface area contributed by atoms with Gasteiger partial charge in [0.05, 0.1) is 6.61 Å². The van der Waals surface area contributed by atoms with Crippen LogP contribution in [-0.2, 0) is 14.3 Å². The zero-order valence-corrected chi connectivity index (χ0v) is 8.79. The van der Waals surface area contributed by atoms with Crippen molar-refractivity contribution in [2.24, 2.45) is 17.8 Å². The highest BCUT2D eigenvalue weighted by Gasteiger charge is 2.52. The van der Waals surface area contributed by atoms with Crippen LogP contribution in [0.1, 0.15) is 6.92 Å². The Labute approximate surface area is 88.5 Å². The van der Waals surface area contributed by atoms with Gasteiger partial charge in [-0.1, -0.05) is 0 Å². The number of hydrogen-bond acceptors (Lipinski definition) is 4. The Morgan fingerprint density at radius 3 is 2.67 bits per heavy atom. The molecule has 5 nitrogen and oxygen atoms in total. The molecule has 1 saturated carbocycles. The van der Waals surface area contributed by atoms with Crippen LogP contribution in [0.5, 0.6) is 0 Å². The zero-order valence-electron chi connectivity index (χ0n) is 8.79. The maximum absolute atomic E-state index is 11.2. The number of ether oxygens (including phenoxy) is 1. The molecule has 2 unspecified atom stereocenters. The summed E-state index contributed by atoms with van der Waals surface area (Å²) in [6.07, 6.45) is 0. The first-order valence-corrected chi connectivity index (χ1v) is 5.39. The van der Waals surface area contributed by atoms with E-state index >= 15 is 0 Å². The summed E-state index contributed by atoms with van der Waals surface area (Å²) in [5, 5.41) is 5.89. The third-order valence-electron chi connectivity index (χ3n) is 3.23. The molecule has 0 radical (unpaired) electrons. The number of carbonyl (C=O) groups excluding carboxylic acids is 2. The van der Waals surface area contributed by atoms with E-state index in [1.165, 1.54) is 0 Å². The predicted molar refractivity (Wildman–Crippen MR) is 53.0 cm³/mol. The summed E-state index contributed by atoms with van der Waals surface area (Å²) in [4.78, 5) is 22.2. The maximum Gasteiger partial charge on any atom is 0.396 e. The van der Waals surface area contributed by atoms with E-state index in [1.54, 1.807) is 6.92 Å². The van der Waals surface area contributed by atoms with Crippen molar-refractivity contribution in [3.63, 3.8) is 0 Å². The summed E-state index contributed by atoms with van der Waals surface area (Å²) >= 11 is 0. The van der Waals surface area contributed by atoms with Crippen LogP contribution in [0.25, 0.3) is 0 Å². The largest absolute Gasteiger partial charge is 0.459 e. The van der Waals surface area contributed by atoms with Gasteiger partial charge >= 0.3 is 11.9 Å². The van der Waals surface area contributed by atoms with Crippen LogP contribution in [-0.4, -0.2) is 38.1 Å². The minimum absolute atomic E-state index is 0.241. The summed E-state index contributed by atoms with van der Waals surface area (Å²) in [7, 11) is 0. The van der Waals surface area contributed by atoms with Gasteiger partial charge in [0, 0.05) is 6.54 Å². The van der Waals surface area contributed by atoms with E-state index in [0.717, 1.165) is 13.1 Å². The number of hydrogen-bond donors (Lipinski definition) is 2. The monoisotopic (exact) mass is 212 g/mol. The van der Waals surface area contributed by atoms with E-state index in [-0.39, 0.29) is 6.61 Å². The molecule has 84 valence electrons. The minimum atomic E-state index is -0.776. The molecule has 1 saturated heterocycles. The molecule has 0 aromatic rings. The molecule has 5 heteroatoms. The van der Waals surface area contributed by atoms with Crippen molar-refractivity contribution in [1.82, 2.24) is 10.6 Å². The highest BCUT2D eigenvalue weighted by molar-refractivity contribution is 6.32. The number of amides is 1. The second kappa shape index (κ2) is 4.18. The Hall–Kier alpha value is -1.10. The molecule has 0 bridgehead atoms. The molecule has 2 aliphatic rings. The standard InChI is InChI=1S/C10H16N2O3/c1-2-15-10(14)9(13)12-5-8-6-3-11-4-7(6)8/h6-8,11H,2-5H2,1H3,(H,12,13). The van der Waals surface area contributed by atoms with Crippen molar-refractivity contribution < 1.29 is 14.3 Å². The van der Waals surface area contributed by atoms with Crippen LogP contribution in [0, 0.1) is 17.8 Å². The van der Waals surface area contributed by atoms with E-state index in [9.17, 15) is 9.59 Å². The van der Waals surface area contributed by atoms with Crippen LogP contribution in [0.4, 0.5) is 0 Å². The van der Waals surface area contributed by atoms with Crippen LogP contribution in [0.2, 0.25) is 0 Å². The third kappa shape index (κ3) is 2.12. The molecule has 2 fully saturated rings. The molecule has 1 aliphatic carbocycles. The van der Waals surface area contributed by atoms with Gasteiger partial charge in [-0.25, -0.2) is 4.79 Å². The topological polar surface area (TPSA) is 67.4 Å². The average molecular weight is 212 g/mol. The van der Waals surface area contributed by atoms with Gasteiger partial charge in [-0.2, -0.15) is 0 Å². The van der Waals surface area contributed by atoms with Gasteiger partial charge in [0.15, 0.2) is 0 Å². The van der Waals surface area contributed by atoms with Crippen molar-refractivity contribution in [3.05, 3.63) is 0 Å². The van der Waals surface area contributed by atoms with Gasteiger partial charge < -0.3 is 15.4 Å². The van der Waals surface area contributed by atoms with Crippen LogP contribution in [0.3, 0.4) is 0 Å². The predicted octanol–water partition coefficient (Wildman–Crippen LogP) is -0.869. The van der Waals surface area contributed by atoms with E-state index in [2.05, 4.69) is 15.4 Å². The van der Waals surface area contributed by atoms with Crippen molar-refractivity contribution in [3.8, 4) is 0 Å². The maximum atomic E-state index is 11.2. The molecule has 2 rings (SSSR count). The summed E-state index contributed by atoms with van der Waals surface area (Å²) in [5.41, 5.74) is 0. The quantitative estimate of drug-likeness (QED) is 0.471. The molecule has 2 atom stereocenters. The second-order valence-corrected chi connectivity index (χ2v) is 4.08. The van der Waals surface area contributed by atoms with Gasteiger partial charge in [-0.15, -0.1) is 0 Å². The van der Waals surface area contributed by atoms with E-state index in [1.807, 2.05) is 0 Å². The first kappa shape index (κ1) is 10.4. The lowest BCUT2D eigenvalue weighted by molar-refractivity contribution is -0.154. The van der Waals surface area contributed by atoms with Gasteiger partial charge in [0.1, 0.15) is 0 Å². The fourth-order valence-electron chi connectivity index (χ4n) is 2.33. The Bertz CT molecular complexity index is 270. The number of rotatable bonds is 3. The molecular weight excluding hydrogens is 196 g/mol. The van der Waals surface area contributed by atoms with E-state index < -0.39 is 11.9 Å². The van der Waals surface area contributed by atoms with Gasteiger partial charge in [0.25, 0.3) is 0 Å². The van der Waals surface area contributed by atoms with Crippen LogP contribution < -0.4 is 10.6 Å². The van der Waals surface area contributed by atoms with Gasteiger partial charge in [-0.3, -0.25) is 4.79 Å². The Kier molecular flexibility index (Phi) is 2.90. The lowest BCUT2D eigenvalue weighted by atomic mass is 10.3. The lowest BCUT2D eigenvalue weighted by Gasteiger charge is -2.06. The number of esters is 1. The molecule has 0 aromatic carbocycles. The van der Waals surface area contributed by atoms with Gasteiger partial charge in [0.2, 0.25) is 0 Å². The Morgan fingerprint density at radius 2 is 2.07 bits per heavy atom. The second-order valence-electron chi connectivity index (χ2n) is 4.08. The van der Waals surface area contributed by atoms with Gasteiger partial charge in [-0.05, 0) is 37.8 Å². The fraction of sp³-hybridized carbons (Fsp3) is 0.800. The number of piperidine rings is 1. The molecule has 1 aliphatic heterocycles. The summed E-state index contributed by atoms with van der Waals surface area (Å²) in [6.45, 7) is 4.62. The van der Waals surface area contributed by atoms with Crippen molar-refractivity contribution in [2.75, 3.05) is 26.2 Å². The van der Waals surface area contributed by atoms with Crippen LogP contribution >= 0.6 is 0 Å². The zero-order chi connectivity index (χ0) is 10.8. The highest BCUT2D eigenvalue weighted by atomic mass is 16.5. The SMILES string of the molecule is CCOC(=O)C(=O)NCC1C2CNCC21. The fourth-order valence-corrected chi connectivity index (χ4v) is 2.33. The third-order valence-corrected chi connectivity index (χ3v) is 3.23. The first-order chi connectivity index (χ1) is 7.24. The normalized spacial score (nSPS) is 31.9. The molecule has 2 N–H and O–H groups in total. The Balaban J connectivity index is 1.66. The molecule has 1 heterocycles. The molecule has 0 spiro atoms. The van der Waals surface area contributed by atoms with E-state index in [4.69, 9.17) is 0 Å². The smallest absolute Gasteiger partial charge is 0.396 e. The molecule has 15 heavy (non-hydrogen) atoms. The van der Waals surface area contributed by atoms with Crippen molar-refractivity contribution in [2.45, 2.75) is 6.92 Å². The molecular formula is C10H16N2O3. The van der Waals surface area contributed by atoms with E-state index in [0.29, 0.717) is 24.3 Å². The summed E-state index contributed by atoms with van der Waals surface area (Å²) in [6, 6.07) is 0. The van der Waals surface area contributed by atoms with Crippen LogP contribution in [0.15, 0.2) is 0 Å². The number of nitrogens with one attached hydrogen (secondary N) is 2. The van der Waals surface area contributed by atoms with Crippen molar-refractivity contribution >= 4 is 11.9 Å². The number of carbonyl (C=O) groups is 2. The average Bonchev–Trinajstić information content (AvgIpc) is 2.67. The molecule has 0 aromatic heterocycles. The first-order valence-electron chi connectivity index (χ1n) is 5.39. The Morgan fingerprint density at radius 1 is 1.40 bits per heavy atom. The summed E-state index contributed by atoms with van der Waals surface area (Å²) < 4.78 is 4.59. The highest BCUT2D eigenvalue weighted by Crippen LogP contribution is 2.47.